The lowest BCUT2D eigenvalue weighted by Gasteiger charge is -2.13. The number of aromatic nitrogens is 2. The van der Waals surface area contributed by atoms with Gasteiger partial charge in [0.05, 0.1) is 10.9 Å². The van der Waals surface area contributed by atoms with Gasteiger partial charge in [0.25, 0.3) is 5.56 Å². The Balaban J connectivity index is 1.91. The summed E-state index contributed by atoms with van der Waals surface area (Å²) in [6.07, 6.45) is 0.721. The maximum atomic E-state index is 13.1. The van der Waals surface area contributed by atoms with Crippen LogP contribution in [0.1, 0.15) is 18.9 Å². The third kappa shape index (κ3) is 5.09. The van der Waals surface area contributed by atoms with Gasteiger partial charge < -0.3 is 4.74 Å². The van der Waals surface area contributed by atoms with Gasteiger partial charge in [-0.1, -0.05) is 35.5 Å². The molecule has 0 bridgehead atoms. The van der Waals surface area contributed by atoms with Gasteiger partial charge in [0.2, 0.25) is 0 Å². The summed E-state index contributed by atoms with van der Waals surface area (Å²) >= 11 is 7.51. The largest absolute Gasteiger partial charge is 0.382 e. The van der Waals surface area contributed by atoms with E-state index < -0.39 is 0 Å². The number of thioether (sulfide) groups is 1. The molecule has 0 aliphatic rings. The van der Waals surface area contributed by atoms with Crippen molar-refractivity contribution in [3.63, 3.8) is 0 Å². The van der Waals surface area contributed by atoms with Crippen LogP contribution in [0.15, 0.2) is 52.4 Å². The minimum Gasteiger partial charge on any atom is -0.382 e. The lowest BCUT2D eigenvalue weighted by molar-refractivity contribution is 0.140. The first-order chi connectivity index (χ1) is 13.1. The molecule has 0 atom stereocenters. The van der Waals surface area contributed by atoms with E-state index in [4.69, 9.17) is 16.3 Å². The Kier molecular flexibility index (Phi) is 6.88. The lowest BCUT2D eigenvalue weighted by atomic mass is 10.2. The number of hydrogen-bond donors (Lipinski definition) is 0. The first kappa shape index (κ1) is 19.9. The van der Waals surface area contributed by atoms with Gasteiger partial charge in [-0.3, -0.25) is 9.36 Å². The molecule has 0 fully saturated rings. The van der Waals surface area contributed by atoms with E-state index in [1.165, 1.54) is 23.9 Å². The van der Waals surface area contributed by atoms with Crippen molar-refractivity contribution >= 4 is 34.3 Å². The highest BCUT2D eigenvalue weighted by Crippen LogP contribution is 2.24. The van der Waals surface area contributed by atoms with Crippen LogP contribution in [0, 0.1) is 5.82 Å². The molecule has 4 nitrogen and oxygen atoms in total. The van der Waals surface area contributed by atoms with Crippen molar-refractivity contribution in [3.05, 3.63) is 69.2 Å². The highest BCUT2D eigenvalue weighted by atomic mass is 35.5. The lowest BCUT2D eigenvalue weighted by Crippen LogP contribution is -2.24. The minimum atomic E-state index is -0.268. The molecule has 3 aromatic rings. The molecule has 0 spiro atoms. The van der Waals surface area contributed by atoms with Gasteiger partial charge in [-0.15, -0.1) is 0 Å². The molecule has 0 N–H and O–H groups in total. The standard InChI is InChI=1S/C20H20ClFN2O2S/c1-2-26-11-3-10-24-19(25)17-9-6-15(21)12-18(17)23-20(24)27-13-14-4-7-16(22)8-5-14/h4-9,12H,2-3,10-11,13H2,1H3. The van der Waals surface area contributed by atoms with Crippen LogP contribution in [-0.2, 0) is 17.0 Å². The molecule has 7 heteroatoms. The second-order valence-electron chi connectivity index (χ2n) is 5.98. The van der Waals surface area contributed by atoms with E-state index >= 15 is 0 Å². The number of rotatable bonds is 8. The van der Waals surface area contributed by atoms with Crippen molar-refractivity contribution in [1.29, 1.82) is 0 Å². The molecule has 1 aromatic heterocycles. The first-order valence-electron chi connectivity index (χ1n) is 8.73. The van der Waals surface area contributed by atoms with Crippen molar-refractivity contribution < 1.29 is 9.13 Å². The summed E-state index contributed by atoms with van der Waals surface area (Å²) in [5.41, 5.74) is 1.45. The third-order valence-electron chi connectivity index (χ3n) is 4.04. The van der Waals surface area contributed by atoms with Crippen LogP contribution in [0.5, 0.6) is 0 Å². The Hall–Kier alpha value is -1.89. The van der Waals surface area contributed by atoms with Crippen molar-refractivity contribution in [1.82, 2.24) is 9.55 Å². The fourth-order valence-corrected chi connectivity index (χ4v) is 3.83. The maximum absolute atomic E-state index is 13.1. The fourth-order valence-electron chi connectivity index (χ4n) is 2.68. The van der Waals surface area contributed by atoms with Crippen LogP contribution < -0.4 is 5.56 Å². The van der Waals surface area contributed by atoms with E-state index in [1.54, 1.807) is 34.9 Å². The van der Waals surface area contributed by atoms with Gasteiger partial charge in [-0.25, -0.2) is 9.37 Å². The summed E-state index contributed by atoms with van der Waals surface area (Å²) in [4.78, 5) is 17.6. The summed E-state index contributed by atoms with van der Waals surface area (Å²) < 4.78 is 20.2. The van der Waals surface area contributed by atoms with E-state index in [0.29, 0.717) is 46.6 Å². The Morgan fingerprint density at radius 2 is 2.00 bits per heavy atom. The molecule has 142 valence electrons. The molecule has 0 unspecified atom stereocenters. The van der Waals surface area contributed by atoms with Gasteiger partial charge in [-0.2, -0.15) is 0 Å². The molecule has 3 rings (SSSR count). The van der Waals surface area contributed by atoms with Crippen LogP contribution in [0.3, 0.4) is 0 Å². The Morgan fingerprint density at radius 3 is 2.74 bits per heavy atom. The quantitative estimate of drug-likeness (QED) is 0.303. The number of fused-ring (bicyclic) bond motifs is 1. The SMILES string of the molecule is CCOCCCn1c(SCc2ccc(F)cc2)nc2cc(Cl)ccc2c1=O. The Bertz CT molecular complexity index is 976. The average molecular weight is 407 g/mol. The first-order valence-corrected chi connectivity index (χ1v) is 10.1. The second kappa shape index (κ2) is 9.35. The number of ether oxygens (including phenoxy) is 1. The Labute approximate surface area is 166 Å². The second-order valence-corrected chi connectivity index (χ2v) is 7.36. The molecule has 1 heterocycles. The molecule has 0 aliphatic heterocycles. The van der Waals surface area contributed by atoms with Gasteiger partial charge in [-0.05, 0) is 49.2 Å². The highest BCUT2D eigenvalue weighted by Gasteiger charge is 2.12. The molecular weight excluding hydrogens is 387 g/mol. The zero-order valence-electron chi connectivity index (χ0n) is 15.0. The Morgan fingerprint density at radius 1 is 1.22 bits per heavy atom. The van der Waals surface area contributed by atoms with Crippen LogP contribution in [0.4, 0.5) is 4.39 Å². The summed E-state index contributed by atoms with van der Waals surface area (Å²) in [6, 6.07) is 11.4. The average Bonchev–Trinajstić information content (AvgIpc) is 2.66. The fraction of sp³-hybridized carbons (Fsp3) is 0.300. The summed E-state index contributed by atoms with van der Waals surface area (Å²) in [6.45, 7) is 3.70. The summed E-state index contributed by atoms with van der Waals surface area (Å²) in [7, 11) is 0. The van der Waals surface area contributed by atoms with Gasteiger partial charge in [0, 0.05) is 30.5 Å². The smallest absolute Gasteiger partial charge is 0.262 e. The summed E-state index contributed by atoms with van der Waals surface area (Å²) in [5.74, 6) is 0.319. The van der Waals surface area contributed by atoms with E-state index in [9.17, 15) is 9.18 Å². The molecule has 0 radical (unpaired) electrons. The van der Waals surface area contributed by atoms with Crippen LogP contribution in [-0.4, -0.2) is 22.8 Å². The van der Waals surface area contributed by atoms with Crippen molar-refractivity contribution in [2.75, 3.05) is 13.2 Å². The van der Waals surface area contributed by atoms with Crippen LogP contribution in [0.25, 0.3) is 10.9 Å². The topological polar surface area (TPSA) is 44.1 Å². The van der Waals surface area contributed by atoms with E-state index in [1.807, 2.05) is 6.92 Å². The number of benzene rings is 2. The van der Waals surface area contributed by atoms with Crippen molar-refractivity contribution in [3.8, 4) is 0 Å². The molecule has 27 heavy (non-hydrogen) atoms. The van der Waals surface area contributed by atoms with E-state index in [2.05, 4.69) is 4.98 Å². The van der Waals surface area contributed by atoms with Gasteiger partial charge in [0.1, 0.15) is 5.82 Å². The molecule has 2 aromatic carbocycles. The highest BCUT2D eigenvalue weighted by molar-refractivity contribution is 7.98. The molecular formula is C20H20ClFN2O2S. The van der Waals surface area contributed by atoms with Crippen LogP contribution >= 0.6 is 23.4 Å². The number of nitrogens with zero attached hydrogens (tertiary/aromatic N) is 2. The van der Waals surface area contributed by atoms with Crippen LogP contribution in [0.2, 0.25) is 5.02 Å². The zero-order chi connectivity index (χ0) is 19.2. The minimum absolute atomic E-state index is 0.0882. The van der Waals surface area contributed by atoms with Gasteiger partial charge >= 0.3 is 0 Å². The normalized spacial score (nSPS) is 11.2. The molecule has 0 saturated heterocycles. The number of hydrogen-bond acceptors (Lipinski definition) is 4. The third-order valence-corrected chi connectivity index (χ3v) is 5.32. The van der Waals surface area contributed by atoms with Crippen molar-refractivity contribution in [2.24, 2.45) is 0 Å². The van der Waals surface area contributed by atoms with Crippen molar-refractivity contribution in [2.45, 2.75) is 30.8 Å². The molecule has 0 amide bonds. The predicted octanol–water partition coefficient (Wildman–Crippen LogP) is 4.91. The number of halogens is 2. The summed E-state index contributed by atoms with van der Waals surface area (Å²) in [5, 5.41) is 1.70. The van der Waals surface area contributed by atoms with E-state index in [-0.39, 0.29) is 11.4 Å². The molecule has 0 saturated carbocycles. The molecule has 0 aliphatic carbocycles. The predicted molar refractivity (Wildman–Crippen MR) is 108 cm³/mol. The van der Waals surface area contributed by atoms with E-state index in [0.717, 1.165) is 12.0 Å². The van der Waals surface area contributed by atoms with Gasteiger partial charge in [0.15, 0.2) is 5.16 Å². The monoisotopic (exact) mass is 406 g/mol. The maximum Gasteiger partial charge on any atom is 0.262 e. The zero-order valence-corrected chi connectivity index (χ0v) is 16.5.